The van der Waals surface area contributed by atoms with Crippen molar-refractivity contribution in [2.24, 2.45) is 17.3 Å². The molecule has 16 heavy (non-hydrogen) atoms. The van der Waals surface area contributed by atoms with Crippen LogP contribution in [0.4, 0.5) is 0 Å². The average molecular weight is 256 g/mol. The summed E-state index contributed by atoms with van der Waals surface area (Å²) in [6.45, 7) is 1.16. The molecule has 88 valence electrons. The largest absolute Gasteiger partial charge is 0.319 e. The number of hydrogen-bond acceptors (Lipinski definition) is 2. The highest BCUT2D eigenvalue weighted by Crippen LogP contribution is 2.60. The number of hydrogen-bond donors (Lipinski definition) is 1. The first-order valence-corrected chi connectivity index (χ1v) is 7.29. The third-order valence-corrected chi connectivity index (χ3v) is 5.42. The van der Waals surface area contributed by atoms with E-state index in [1.165, 1.54) is 30.6 Å². The van der Waals surface area contributed by atoms with E-state index in [2.05, 4.69) is 18.4 Å². The zero-order chi connectivity index (χ0) is 11.2. The fourth-order valence-corrected chi connectivity index (χ4v) is 4.81. The number of fused-ring (bicyclic) bond motifs is 1. The number of thiophene rings is 1. The molecule has 3 rings (SSSR count). The lowest BCUT2D eigenvalue weighted by Gasteiger charge is -2.30. The van der Waals surface area contributed by atoms with Crippen LogP contribution in [-0.2, 0) is 6.42 Å². The number of halogens is 1. The third-order valence-electron chi connectivity index (χ3n) is 4.19. The highest BCUT2D eigenvalue weighted by molar-refractivity contribution is 7.16. The summed E-state index contributed by atoms with van der Waals surface area (Å²) in [6.07, 6.45) is 5.57. The van der Waals surface area contributed by atoms with Crippen LogP contribution in [0.25, 0.3) is 0 Å². The molecule has 2 saturated carbocycles. The maximum atomic E-state index is 6.01. The second-order valence-electron chi connectivity index (χ2n) is 5.58. The summed E-state index contributed by atoms with van der Waals surface area (Å²) in [5.41, 5.74) is 0.524. The molecule has 0 radical (unpaired) electrons. The standard InChI is InChI=1S/C13H18ClNS/c1-15-8-13(5-9-4-10(9)6-13)7-11-2-3-12(14)16-11/h2-3,9-10,15H,4-8H2,1H3. The van der Waals surface area contributed by atoms with Crippen LogP contribution in [0, 0.1) is 17.3 Å². The fourth-order valence-electron chi connectivity index (χ4n) is 3.55. The molecule has 1 aromatic heterocycles. The van der Waals surface area contributed by atoms with Crippen LogP contribution in [0.15, 0.2) is 12.1 Å². The molecule has 0 aromatic carbocycles. The van der Waals surface area contributed by atoms with Crippen molar-refractivity contribution >= 4 is 22.9 Å². The van der Waals surface area contributed by atoms with E-state index in [4.69, 9.17) is 11.6 Å². The van der Waals surface area contributed by atoms with Crippen molar-refractivity contribution in [1.29, 1.82) is 0 Å². The molecule has 3 heteroatoms. The number of rotatable bonds is 4. The lowest BCUT2D eigenvalue weighted by atomic mass is 9.79. The second kappa shape index (κ2) is 4.01. The lowest BCUT2D eigenvalue weighted by Crippen LogP contribution is -2.33. The molecule has 2 fully saturated rings. The Balaban J connectivity index is 1.74. The van der Waals surface area contributed by atoms with Crippen LogP contribution < -0.4 is 5.32 Å². The Labute approximate surface area is 106 Å². The molecule has 0 spiro atoms. The van der Waals surface area contributed by atoms with Crippen molar-refractivity contribution in [3.05, 3.63) is 21.3 Å². The second-order valence-corrected chi connectivity index (χ2v) is 7.38. The Morgan fingerprint density at radius 1 is 1.44 bits per heavy atom. The normalized spacial score (nSPS) is 36.4. The summed E-state index contributed by atoms with van der Waals surface area (Å²) in [6, 6.07) is 4.23. The van der Waals surface area contributed by atoms with Gasteiger partial charge in [-0.05, 0) is 62.1 Å². The van der Waals surface area contributed by atoms with Gasteiger partial charge in [-0.3, -0.25) is 0 Å². The minimum Gasteiger partial charge on any atom is -0.319 e. The molecular weight excluding hydrogens is 238 g/mol. The predicted octanol–water partition coefficient (Wildman–Crippen LogP) is 3.58. The van der Waals surface area contributed by atoms with Crippen molar-refractivity contribution < 1.29 is 0 Å². The molecule has 1 nitrogen and oxygen atoms in total. The first-order valence-electron chi connectivity index (χ1n) is 6.10. The summed E-state index contributed by atoms with van der Waals surface area (Å²) >= 11 is 7.76. The molecule has 1 heterocycles. The Kier molecular flexibility index (Phi) is 2.77. The van der Waals surface area contributed by atoms with Crippen molar-refractivity contribution in [2.75, 3.05) is 13.6 Å². The van der Waals surface area contributed by atoms with Crippen molar-refractivity contribution in [2.45, 2.75) is 25.7 Å². The molecule has 0 aliphatic heterocycles. The van der Waals surface area contributed by atoms with Gasteiger partial charge in [-0.2, -0.15) is 0 Å². The van der Waals surface area contributed by atoms with Gasteiger partial charge in [-0.25, -0.2) is 0 Å². The highest BCUT2D eigenvalue weighted by Gasteiger charge is 2.53. The fraction of sp³-hybridized carbons (Fsp3) is 0.692. The monoisotopic (exact) mass is 255 g/mol. The van der Waals surface area contributed by atoms with Crippen LogP contribution in [0.3, 0.4) is 0 Å². The van der Waals surface area contributed by atoms with Crippen molar-refractivity contribution in [3.63, 3.8) is 0 Å². The van der Waals surface area contributed by atoms with E-state index in [0.29, 0.717) is 5.41 Å². The van der Waals surface area contributed by atoms with E-state index in [1.54, 1.807) is 11.3 Å². The van der Waals surface area contributed by atoms with Crippen LogP contribution in [0.1, 0.15) is 24.1 Å². The van der Waals surface area contributed by atoms with Gasteiger partial charge in [0, 0.05) is 11.4 Å². The summed E-state index contributed by atoms with van der Waals surface area (Å²) in [5.74, 6) is 2.09. The maximum absolute atomic E-state index is 6.01. The third kappa shape index (κ3) is 2.03. The molecule has 0 bridgehead atoms. The van der Waals surface area contributed by atoms with Crippen LogP contribution >= 0.6 is 22.9 Å². The van der Waals surface area contributed by atoms with Crippen LogP contribution in [0.2, 0.25) is 4.34 Å². The molecule has 2 unspecified atom stereocenters. The quantitative estimate of drug-likeness (QED) is 0.867. The zero-order valence-corrected chi connectivity index (χ0v) is 11.2. The van der Waals surface area contributed by atoms with E-state index in [9.17, 15) is 0 Å². The molecular formula is C13H18ClNS. The first kappa shape index (κ1) is 11.1. The smallest absolute Gasteiger partial charge is 0.0931 e. The van der Waals surface area contributed by atoms with Gasteiger partial charge in [0.25, 0.3) is 0 Å². The topological polar surface area (TPSA) is 12.0 Å². The minimum atomic E-state index is 0.524. The Hall–Kier alpha value is -0.0500. The van der Waals surface area contributed by atoms with Gasteiger partial charge in [0.1, 0.15) is 0 Å². The van der Waals surface area contributed by atoms with Gasteiger partial charge >= 0.3 is 0 Å². The van der Waals surface area contributed by atoms with E-state index in [1.807, 2.05) is 6.07 Å². The Morgan fingerprint density at radius 3 is 2.75 bits per heavy atom. The van der Waals surface area contributed by atoms with Crippen LogP contribution in [-0.4, -0.2) is 13.6 Å². The summed E-state index contributed by atoms with van der Waals surface area (Å²) in [7, 11) is 2.08. The molecule has 2 aliphatic rings. The Morgan fingerprint density at radius 2 is 2.19 bits per heavy atom. The summed E-state index contributed by atoms with van der Waals surface area (Å²) in [5, 5.41) is 3.39. The molecule has 0 amide bonds. The van der Waals surface area contributed by atoms with E-state index < -0.39 is 0 Å². The van der Waals surface area contributed by atoms with Crippen LogP contribution in [0.5, 0.6) is 0 Å². The minimum absolute atomic E-state index is 0.524. The van der Waals surface area contributed by atoms with Gasteiger partial charge in [0.05, 0.1) is 4.34 Å². The number of nitrogens with one attached hydrogen (secondary N) is 1. The van der Waals surface area contributed by atoms with Crippen molar-refractivity contribution in [3.8, 4) is 0 Å². The van der Waals surface area contributed by atoms with Gasteiger partial charge < -0.3 is 5.32 Å². The summed E-state index contributed by atoms with van der Waals surface area (Å²) < 4.78 is 0.928. The lowest BCUT2D eigenvalue weighted by molar-refractivity contribution is 0.257. The van der Waals surface area contributed by atoms with E-state index in [-0.39, 0.29) is 0 Å². The average Bonchev–Trinajstić information content (AvgIpc) is 2.67. The highest BCUT2D eigenvalue weighted by atomic mass is 35.5. The molecule has 2 aliphatic carbocycles. The van der Waals surface area contributed by atoms with Gasteiger partial charge in [-0.1, -0.05) is 11.6 Å². The van der Waals surface area contributed by atoms with Crippen molar-refractivity contribution in [1.82, 2.24) is 5.32 Å². The van der Waals surface area contributed by atoms with E-state index >= 15 is 0 Å². The van der Waals surface area contributed by atoms with E-state index in [0.717, 1.165) is 22.7 Å². The zero-order valence-electron chi connectivity index (χ0n) is 9.63. The van der Waals surface area contributed by atoms with Gasteiger partial charge in [0.2, 0.25) is 0 Å². The molecule has 1 N–H and O–H groups in total. The molecule has 1 aromatic rings. The van der Waals surface area contributed by atoms with Gasteiger partial charge in [0.15, 0.2) is 0 Å². The first-order chi connectivity index (χ1) is 7.71. The predicted molar refractivity (Wildman–Crippen MR) is 70.2 cm³/mol. The maximum Gasteiger partial charge on any atom is 0.0931 e. The SMILES string of the molecule is CNCC1(Cc2ccc(Cl)s2)CC2CC2C1. The Bertz CT molecular complexity index is 377. The molecule has 2 atom stereocenters. The summed E-state index contributed by atoms with van der Waals surface area (Å²) in [4.78, 5) is 1.46. The molecule has 0 saturated heterocycles. The van der Waals surface area contributed by atoms with Gasteiger partial charge in [-0.15, -0.1) is 11.3 Å².